The van der Waals surface area contributed by atoms with Gasteiger partial charge in [-0.15, -0.1) is 5.10 Å². The zero-order chi connectivity index (χ0) is 10.7. The molecule has 6 heteroatoms. The largest absolute Gasteiger partial charge is 0.387 e. The summed E-state index contributed by atoms with van der Waals surface area (Å²) in [5, 5.41) is 19.2. The number of amides is 1. The van der Waals surface area contributed by atoms with Gasteiger partial charge in [0, 0.05) is 7.05 Å². The lowest BCUT2D eigenvalue weighted by Gasteiger charge is -2.08. The average Bonchev–Trinajstić information content (AvgIpc) is 2.64. The van der Waals surface area contributed by atoms with Gasteiger partial charge < -0.3 is 10.4 Å². The smallest absolute Gasteiger partial charge is 0.244 e. The van der Waals surface area contributed by atoms with Crippen LogP contribution in [0.3, 0.4) is 0 Å². The number of aliphatic hydroxyl groups excluding tert-OH is 1. The van der Waals surface area contributed by atoms with E-state index in [2.05, 4.69) is 15.6 Å². The summed E-state index contributed by atoms with van der Waals surface area (Å²) in [6.45, 7) is 3.30. The lowest BCUT2D eigenvalue weighted by atomic mass is 10.3. The van der Waals surface area contributed by atoms with Crippen molar-refractivity contribution in [1.82, 2.24) is 20.3 Å². The summed E-state index contributed by atoms with van der Waals surface area (Å²) < 4.78 is 1.42. The second kappa shape index (κ2) is 4.19. The molecule has 2 atom stereocenters. The van der Waals surface area contributed by atoms with Gasteiger partial charge in [0.2, 0.25) is 5.91 Å². The lowest BCUT2D eigenvalue weighted by molar-refractivity contribution is -0.123. The summed E-state index contributed by atoms with van der Waals surface area (Å²) in [4.78, 5) is 11.2. The Morgan fingerprint density at radius 3 is 2.71 bits per heavy atom. The molecule has 1 amide bonds. The number of nitrogens with zero attached hydrogens (tertiary/aromatic N) is 3. The quantitative estimate of drug-likeness (QED) is 0.695. The van der Waals surface area contributed by atoms with Gasteiger partial charge in [-0.05, 0) is 13.8 Å². The number of likely N-dealkylation sites (N-methyl/N-ethyl adjacent to an activating group) is 1. The second-order valence-electron chi connectivity index (χ2n) is 3.09. The molecule has 1 aromatic rings. The van der Waals surface area contributed by atoms with Crippen molar-refractivity contribution < 1.29 is 9.90 Å². The molecule has 1 heterocycles. The molecule has 0 radical (unpaired) electrons. The fourth-order valence-corrected chi connectivity index (χ4v) is 1.00. The first kappa shape index (κ1) is 10.6. The van der Waals surface area contributed by atoms with E-state index in [1.54, 1.807) is 27.1 Å². The first-order chi connectivity index (χ1) is 6.56. The van der Waals surface area contributed by atoms with Crippen molar-refractivity contribution in [1.29, 1.82) is 0 Å². The van der Waals surface area contributed by atoms with Crippen LogP contribution in [0.25, 0.3) is 0 Å². The Bertz CT molecular complexity index is 321. The molecular formula is C8H14N4O2. The van der Waals surface area contributed by atoms with Crippen LogP contribution in [0.5, 0.6) is 0 Å². The molecule has 0 aliphatic heterocycles. The Labute approximate surface area is 81.9 Å². The molecule has 0 bridgehead atoms. The maximum Gasteiger partial charge on any atom is 0.244 e. The molecule has 0 aliphatic carbocycles. The minimum atomic E-state index is -0.666. The molecule has 1 aromatic heterocycles. The van der Waals surface area contributed by atoms with Crippen LogP contribution in [0, 0.1) is 0 Å². The number of nitrogens with one attached hydrogen (secondary N) is 1. The number of rotatable bonds is 3. The van der Waals surface area contributed by atoms with Crippen LogP contribution in [0.2, 0.25) is 0 Å². The monoisotopic (exact) mass is 198 g/mol. The maximum atomic E-state index is 11.2. The Balaban J connectivity index is 2.81. The van der Waals surface area contributed by atoms with Crippen LogP contribution in [0.4, 0.5) is 0 Å². The summed E-state index contributed by atoms with van der Waals surface area (Å²) in [5.74, 6) is -0.146. The number of aromatic nitrogens is 3. The molecule has 1 unspecified atom stereocenters. The van der Waals surface area contributed by atoms with Crippen LogP contribution in [0.1, 0.15) is 31.7 Å². The van der Waals surface area contributed by atoms with Gasteiger partial charge in [-0.25, -0.2) is 4.68 Å². The van der Waals surface area contributed by atoms with Crippen LogP contribution in [0.15, 0.2) is 6.20 Å². The SMILES string of the molecule is CNC(=O)C(C)n1cc([C@H](C)O)nn1. The number of aliphatic hydroxyl groups is 1. The van der Waals surface area contributed by atoms with Crippen molar-refractivity contribution in [2.45, 2.75) is 26.0 Å². The highest BCUT2D eigenvalue weighted by Crippen LogP contribution is 2.10. The Hall–Kier alpha value is -1.43. The van der Waals surface area contributed by atoms with Gasteiger partial charge in [0.05, 0.1) is 12.3 Å². The summed E-state index contributed by atoms with van der Waals surface area (Å²) >= 11 is 0. The first-order valence-electron chi connectivity index (χ1n) is 4.37. The fourth-order valence-electron chi connectivity index (χ4n) is 1.00. The van der Waals surface area contributed by atoms with Crippen molar-refractivity contribution in [2.75, 3.05) is 7.05 Å². The van der Waals surface area contributed by atoms with Gasteiger partial charge in [0.25, 0.3) is 0 Å². The highest BCUT2D eigenvalue weighted by molar-refractivity contribution is 5.79. The van der Waals surface area contributed by atoms with Crippen molar-refractivity contribution in [2.24, 2.45) is 0 Å². The van der Waals surface area contributed by atoms with Crippen LogP contribution >= 0.6 is 0 Å². The average molecular weight is 198 g/mol. The minimum absolute atomic E-state index is 0.146. The zero-order valence-electron chi connectivity index (χ0n) is 8.43. The van der Waals surface area contributed by atoms with Crippen molar-refractivity contribution in [3.63, 3.8) is 0 Å². The normalized spacial score (nSPS) is 14.9. The van der Waals surface area contributed by atoms with Gasteiger partial charge in [-0.2, -0.15) is 0 Å². The van der Waals surface area contributed by atoms with Crippen molar-refractivity contribution in [3.05, 3.63) is 11.9 Å². The summed E-state index contributed by atoms with van der Waals surface area (Å²) in [7, 11) is 1.56. The van der Waals surface area contributed by atoms with E-state index >= 15 is 0 Å². The van der Waals surface area contributed by atoms with Gasteiger partial charge >= 0.3 is 0 Å². The van der Waals surface area contributed by atoms with Gasteiger partial charge in [0.15, 0.2) is 0 Å². The maximum absolute atomic E-state index is 11.2. The molecular weight excluding hydrogens is 184 g/mol. The van der Waals surface area contributed by atoms with Crippen molar-refractivity contribution in [3.8, 4) is 0 Å². The molecule has 0 saturated heterocycles. The summed E-state index contributed by atoms with van der Waals surface area (Å²) in [6.07, 6.45) is 0.894. The van der Waals surface area contributed by atoms with E-state index in [-0.39, 0.29) is 5.91 Å². The Morgan fingerprint density at radius 1 is 1.64 bits per heavy atom. The third-order valence-corrected chi connectivity index (χ3v) is 1.98. The minimum Gasteiger partial charge on any atom is -0.387 e. The standard InChI is InChI=1S/C8H14N4O2/c1-5(8(14)9-3)12-4-7(6(2)13)10-11-12/h4-6,13H,1-3H3,(H,9,14)/t5?,6-/m0/s1. The Kier molecular flexibility index (Phi) is 3.19. The van der Waals surface area contributed by atoms with Crippen molar-refractivity contribution >= 4 is 5.91 Å². The van der Waals surface area contributed by atoms with Gasteiger partial charge in [-0.1, -0.05) is 5.21 Å². The van der Waals surface area contributed by atoms with E-state index in [0.29, 0.717) is 5.69 Å². The molecule has 14 heavy (non-hydrogen) atoms. The van der Waals surface area contributed by atoms with E-state index in [0.717, 1.165) is 0 Å². The highest BCUT2D eigenvalue weighted by atomic mass is 16.3. The van der Waals surface area contributed by atoms with E-state index in [9.17, 15) is 9.90 Å². The molecule has 0 spiro atoms. The number of hydrogen-bond acceptors (Lipinski definition) is 4. The topological polar surface area (TPSA) is 80.0 Å². The third-order valence-electron chi connectivity index (χ3n) is 1.98. The molecule has 1 rings (SSSR count). The molecule has 0 saturated carbocycles. The molecule has 0 fully saturated rings. The molecule has 2 N–H and O–H groups in total. The molecule has 78 valence electrons. The first-order valence-corrected chi connectivity index (χ1v) is 4.37. The Morgan fingerprint density at radius 2 is 2.29 bits per heavy atom. The molecule has 0 aromatic carbocycles. The summed E-state index contributed by atoms with van der Waals surface area (Å²) in [5.41, 5.74) is 0.459. The highest BCUT2D eigenvalue weighted by Gasteiger charge is 2.16. The second-order valence-corrected chi connectivity index (χ2v) is 3.09. The third kappa shape index (κ3) is 2.08. The van der Waals surface area contributed by atoms with E-state index in [4.69, 9.17) is 0 Å². The lowest BCUT2D eigenvalue weighted by Crippen LogP contribution is -2.28. The van der Waals surface area contributed by atoms with Crippen LogP contribution in [-0.4, -0.2) is 33.1 Å². The number of carbonyl (C=O) groups is 1. The molecule has 6 nitrogen and oxygen atoms in total. The van der Waals surface area contributed by atoms with Crippen LogP contribution in [-0.2, 0) is 4.79 Å². The van der Waals surface area contributed by atoms with Crippen LogP contribution < -0.4 is 5.32 Å². The number of carbonyl (C=O) groups excluding carboxylic acids is 1. The van der Waals surface area contributed by atoms with E-state index in [1.165, 1.54) is 4.68 Å². The zero-order valence-corrected chi connectivity index (χ0v) is 8.43. The predicted octanol–water partition coefficient (Wildman–Crippen LogP) is -0.362. The predicted molar refractivity (Wildman–Crippen MR) is 49.4 cm³/mol. The number of hydrogen-bond donors (Lipinski definition) is 2. The molecule has 0 aliphatic rings. The van der Waals surface area contributed by atoms with Gasteiger partial charge in [0.1, 0.15) is 11.7 Å². The van der Waals surface area contributed by atoms with Gasteiger partial charge in [-0.3, -0.25) is 4.79 Å². The van der Waals surface area contributed by atoms with E-state index < -0.39 is 12.1 Å². The van der Waals surface area contributed by atoms with E-state index in [1.807, 2.05) is 0 Å². The fraction of sp³-hybridized carbons (Fsp3) is 0.625. The summed E-state index contributed by atoms with van der Waals surface area (Å²) in [6, 6.07) is -0.417.